The highest BCUT2D eigenvalue weighted by Gasteiger charge is 2.26. The van der Waals surface area contributed by atoms with Gasteiger partial charge in [0, 0.05) is 24.7 Å². The lowest BCUT2D eigenvalue weighted by Crippen LogP contribution is -2.45. The molecule has 166 valence electrons. The van der Waals surface area contributed by atoms with Gasteiger partial charge in [-0.05, 0) is 37.0 Å². The largest absolute Gasteiger partial charge is 0.481 e. The SMILES string of the molecule is COc1cc(OC)nc(N[C@@H]2CCCN(C(=O)c3ccccc3-c3cccc(C)c3)C2)n1. The molecule has 32 heavy (non-hydrogen) atoms. The van der Waals surface area contributed by atoms with Crippen LogP contribution in [0.15, 0.2) is 54.6 Å². The van der Waals surface area contributed by atoms with Crippen LogP contribution in [0.25, 0.3) is 11.1 Å². The van der Waals surface area contributed by atoms with E-state index in [2.05, 4.69) is 34.3 Å². The molecule has 1 saturated heterocycles. The number of aryl methyl sites for hydroxylation is 1. The highest BCUT2D eigenvalue weighted by molar-refractivity contribution is 6.01. The number of anilines is 1. The van der Waals surface area contributed by atoms with Gasteiger partial charge in [-0.1, -0.05) is 48.0 Å². The summed E-state index contributed by atoms with van der Waals surface area (Å²) in [7, 11) is 3.11. The number of piperidine rings is 1. The number of hydrogen-bond donors (Lipinski definition) is 1. The van der Waals surface area contributed by atoms with Crippen molar-refractivity contribution in [2.24, 2.45) is 0 Å². The molecule has 2 aromatic carbocycles. The van der Waals surface area contributed by atoms with E-state index in [1.807, 2.05) is 41.3 Å². The second-order valence-electron chi connectivity index (χ2n) is 7.93. The average Bonchev–Trinajstić information content (AvgIpc) is 2.83. The van der Waals surface area contributed by atoms with Gasteiger partial charge >= 0.3 is 0 Å². The molecule has 4 rings (SSSR count). The number of hydrogen-bond acceptors (Lipinski definition) is 6. The van der Waals surface area contributed by atoms with E-state index in [0.717, 1.165) is 36.1 Å². The van der Waals surface area contributed by atoms with Crippen molar-refractivity contribution in [3.63, 3.8) is 0 Å². The highest BCUT2D eigenvalue weighted by atomic mass is 16.5. The fraction of sp³-hybridized carbons (Fsp3) is 0.320. The Labute approximate surface area is 188 Å². The van der Waals surface area contributed by atoms with Gasteiger partial charge in [-0.25, -0.2) is 0 Å². The standard InChI is InChI=1S/C25H28N4O3/c1-17-8-6-9-18(14-17)20-11-4-5-12-21(20)24(30)29-13-7-10-19(16-29)26-25-27-22(31-2)15-23(28-25)32-3/h4-6,8-9,11-12,14-15,19H,7,10,13,16H2,1-3H3,(H,26,27,28)/t19-/m1/s1. The number of likely N-dealkylation sites (tertiary alicyclic amines) is 1. The minimum absolute atomic E-state index is 0.0376. The Morgan fingerprint density at radius 1 is 1.03 bits per heavy atom. The van der Waals surface area contributed by atoms with Crippen LogP contribution in [0.5, 0.6) is 11.8 Å². The second kappa shape index (κ2) is 9.68. The summed E-state index contributed by atoms with van der Waals surface area (Å²) in [4.78, 5) is 24.1. The number of benzene rings is 2. The molecule has 0 bridgehead atoms. The molecule has 0 radical (unpaired) electrons. The number of nitrogens with zero attached hydrogens (tertiary/aromatic N) is 3. The summed E-state index contributed by atoms with van der Waals surface area (Å²) >= 11 is 0. The molecule has 1 fully saturated rings. The Balaban J connectivity index is 1.53. The molecule has 1 aromatic heterocycles. The van der Waals surface area contributed by atoms with Crippen molar-refractivity contribution in [1.29, 1.82) is 0 Å². The third kappa shape index (κ3) is 4.82. The summed E-state index contributed by atoms with van der Waals surface area (Å²) < 4.78 is 10.5. The van der Waals surface area contributed by atoms with Gasteiger partial charge in [-0.3, -0.25) is 4.79 Å². The molecule has 2 heterocycles. The van der Waals surface area contributed by atoms with Crippen molar-refractivity contribution in [1.82, 2.24) is 14.9 Å². The maximum absolute atomic E-state index is 13.5. The summed E-state index contributed by atoms with van der Waals surface area (Å²) in [6.45, 7) is 3.36. The fourth-order valence-electron chi connectivity index (χ4n) is 4.04. The predicted molar refractivity (Wildman–Crippen MR) is 124 cm³/mol. The lowest BCUT2D eigenvalue weighted by molar-refractivity contribution is 0.0715. The zero-order valence-corrected chi connectivity index (χ0v) is 18.7. The van der Waals surface area contributed by atoms with Crippen molar-refractivity contribution < 1.29 is 14.3 Å². The predicted octanol–water partition coefficient (Wildman–Crippen LogP) is 4.19. The lowest BCUT2D eigenvalue weighted by atomic mass is 9.96. The number of carbonyl (C=O) groups excluding carboxylic acids is 1. The Morgan fingerprint density at radius 3 is 2.50 bits per heavy atom. The van der Waals surface area contributed by atoms with E-state index >= 15 is 0 Å². The molecule has 0 unspecified atom stereocenters. The summed E-state index contributed by atoms with van der Waals surface area (Å²) in [5.74, 6) is 1.32. The van der Waals surface area contributed by atoms with Gasteiger partial charge in [0.25, 0.3) is 5.91 Å². The van der Waals surface area contributed by atoms with Crippen LogP contribution in [-0.2, 0) is 0 Å². The third-order valence-corrected chi connectivity index (χ3v) is 5.63. The molecule has 7 nitrogen and oxygen atoms in total. The molecule has 7 heteroatoms. The fourth-order valence-corrected chi connectivity index (χ4v) is 4.04. The number of ether oxygens (including phenoxy) is 2. The van der Waals surface area contributed by atoms with E-state index in [0.29, 0.717) is 24.3 Å². The maximum atomic E-state index is 13.5. The Bertz CT molecular complexity index is 1080. The van der Waals surface area contributed by atoms with Crippen LogP contribution in [0.1, 0.15) is 28.8 Å². The smallest absolute Gasteiger partial charge is 0.254 e. The summed E-state index contributed by atoms with van der Waals surface area (Å²) in [5.41, 5.74) is 3.90. The number of carbonyl (C=O) groups is 1. The van der Waals surface area contributed by atoms with Crippen LogP contribution in [0, 0.1) is 6.92 Å². The van der Waals surface area contributed by atoms with Crippen molar-refractivity contribution in [2.75, 3.05) is 32.6 Å². The van der Waals surface area contributed by atoms with Crippen LogP contribution in [0.3, 0.4) is 0 Å². The van der Waals surface area contributed by atoms with Gasteiger partial charge in [0.1, 0.15) is 0 Å². The van der Waals surface area contributed by atoms with E-state index in [9.17, 15) is 4.79 Å². The quantitative estimate of drug-likeness (QED) is 0.630. The normalized spacial score (nSPS) is 15.8. The van der Waals surface area contributed by atoms with Crippen LogP contribution >= 0.6 is 0 Å². The van der Waals surface area contributed by atoms with E-state index in [-0.39, 0.29) is 11.9 Å². The van der Waals surface area contributed by atoms with E-state index < -0.39 is 0 Å². The molecule has 1 atom stereocenters. The zero-order chi connectivity index (χ0) is 22.5. The monoisotopic (exact) mass is 432 g/mol. The number of amides is 1. The summed E-state index contributed by atoms with van der Waals surface area (Å²) in [5, 5.41) is 3.34. The molecule has 0 spiro atoms. The number of aromatic nitrogens is 2. The van der Waals surface area contributed by atoms with Crippen LogP contribution in [-0.4, -0.2) is 54.1 Å². The second-order valence-corrected chi connectivity index (χ2v) is 7.93. The van der Waals surface area contributed by atoms with Crippen LogP contribution < -0.4 is 14.8 Å². The molecule has 0 saturated carbocycles. The maximum Gasteiger partial charge on any atom is 0.254 e. The zero-order valence-electron chi connectivity index (χ0n) is 18.7. The minimum atomic E-state index is 0.0376. The van der Waals surface area contributed by atoms with Gasteiger partial charge in [-0.2, -0.15) is 9.97 Å². The number of rotatable bonds is 6. The molecule has 3 aromatic rings. The average molecular weight is 433 g/mol. The molecule has 1 aliphatic heterocycles. The van der Waals surface area contributed by atoms with Crippen LogP contribution in [0.2, 0.25) is 0 Å². The molecular weight excluding hydrogens is 404 g/mol. The van der Waals surface area contributed by atoms with Gasteiger partial charge < -0.3 is 19.7 Å². The molecule has 1 aliphatic rings. The minimum Gasteiger partial charge on any atom is -0.481 e. The molecular formula is C25H28N4O3. The molecule has 1 amide bonds. The van der Waals surface area contributed by atoms with Gasteiger partial charge in [0.05, 0.1) is 20.3 Å². The van der Waals surface area contributed by atoms with Crippen molar-refractivity contribution >= 4 is 11.9 Å². The number of nitrogens with one attached hydrogen (secondary N) is 1. The van der Waals surface area contributed by atoms with Crippen molar-refractivity contribution in [2.45, 2.75) is 25.8 Å². The van der Waals surface area contributed by atoms with E-state index in [1.54, 1.807) is 20.3 Å². The van der Waals surface area contributed by atoms with Crippen LogP contribution in [0.4, 0.5) is 5.95 Å². The van der Waals surface area contributed by atoms with Crippen molar-refractivity contribution in [3.05, 3.63) is 65.7 Å². The van der Waals surface area contributed by atoms with Gasteiger partial charge in [0.15, 0.2) is 0 Å². The summed E-state index contributed by atoms with van der Waals surface area (Å²) in [6.07, 6.45) is 1.82. The Hall–Kier alpha value is -3.61. The number of methoxy groups -OCH3 is 2. The van der Waals surface area contributed by atoms with E-state index in [4.69, 9.17) is 9.47 Å². The first-order chi connectivity index (χ1) is 15.6. The Morgan fingerprint density at radius 2 is 1.78 bits per heavy atom. The lowest BCUT2D eigenvalue weighted by Gasteiger charge is -2.33. The Kier molecular flexibility index (Phi) is 6.54. The van der Waals surface area contributed by atoms with Gasteiger partial charge in [-0.15, -0.1) is 0 Å². The first-order valence-corrected chi connectivity index (χ1v) is 10.8. The molecule has 1 N–H and O–H groups in total. The third-order valence-electron chi connectivity index (χ3n) is 5.63. The topological polar surface area (TPSA) is 76.6 Å². The highest BCUT2D eigenvalue weighted by Crippen LogP contribution is 2.27. The summed E-state index contributed by atoms with van der Waals surface area (Å²) in [6, 6.07) is 17.7. The first kappa shape index (κ1) is 21.6. The molecule has 0 aliphatic carbocycles. The van der Waals surface area contributed by atoms with Crippen molar-refractivity contribution in [3.8, 4) is 22.9 Å². The van der Waals surface area contributed by atoms with Gasteiger partial charge in [0.2, 0.25) is 17.7 Å². The van der Waals surface area contributed by atoms with E-state index in [1.165, 1.54) is 5.56 Å². The first-order valence-electron chi connectivity index (χ1n) is 10.8.